The normalized spacial score (nSPS) is 29.5. The lowest BCUT2D eigenvalue weighted by atomic mass is 10.1. The van der Waals surface area contributed by atoms with Gasteiger partial charge in [-0.25, -0.2) is 0 Å². The van der Waals surface area contributed by atoms with E-state index in [0.717, 1.165) is 19.6 Å². The summed E-state index contributed by atoms with van der Waals surface area (Å²) in [6, 6.07) is 7.70. The second-order valence-electron chi connectivity index (χ2n) is 6.29. The Bertz CT molecular complexity index is 657. The zero-order chi connectivity index (χ0) is 15.3. The number of nitrogens with zero attached hydrogens (tertiary/aromatic N) is 3. The highest BCUT2D eigenvalue weighted by Crippen LogP contribution is 2.43. The molecule has 1 aromatic carbocycles. The van der Waals surface area contributed by atoms with Crippen LogP contribution in [0.25, 0.3) is 0 Å². The van der Waals surface area contributed by atoms with Crippen LogP contribution in [-0.2, 0) is 4.79 Å². The molecule has 1 aliphatic carbocycles. The number of carbonyl (C=O) groups excluding carboxylic acids is 1. The number of carbonyl (C=O) groups is 1. The Hall–Kier alpha value is -2.10. The SMILES string of the molecule is N#Cc1ccc2c(c1)N(CCN1CC3C(N)C3C1)C(=O)CO2. The third-order valence-electron chi connectivity index (χ3n) is 5.01. The summed E-state index contributed by atoms with van der Waals surface area (Å²) < 4.78 is 5.44. The van der Waals surface area contributed by atoms with E-state index in [1.807, 2.05) is 0 Å². The van der Waals surface area contributed by atoms with Crippen molar-refractivity contribution in [2.24, 2.45) is 17.6 Å². The van der Waals surface area contributed by atoms with Crippen molar-refractivity contribution in [3.05, 3.63) is 23.8 Å². The van der Waals surface area contributed by atoms with Crippen molar-refractivity contribution in [3.63, 3.8) is 0 Å². The third kappa shape index (κ3) is 2.14. The Morgan fingerprint density at radius 1 is 1.32 bits per heavy atom. The van der Waals surface area contributed by atoms with E-state index in [1.165, 1.54) is 0 Å². The van der Waals surface area contributed by atoms with E-state index in [-0.39, 0.29) is 12.5 Å². The third-order valence-corrected chi connectivity index (χ3v) is 5.01. The van der Waals surface area contributed by atoms with Crippen LogP contribution in [0.1, 0.15) is 5.56 Å². The molecule has 114 valence electrons. The topological polar surface area (TPSA) is 82.6 Å². The molecule has 6 heteroatoms. The first kappa shape index (κ1) is 13.6. The summed E-state index contributed by atoms with van der Waals surface area (Å²) in [5, 5.41) is 9.04. The second-order valence-corrected chi connectivity index (χ2v) is 6.29. The van der Waals surface area contributed by atoms with Crippen LogP contribution in [-0.4, -0.2) is 49.6 Å². The zero-order valence-electron chi connectivity index (χ0n) is 12.2. The predicted molar refractivity (Wildman–Crippen MR) is 80.4 cm³/mol. The molecule has 4 rings (SSSR count). The number of fused-ring (bicyclic) bond motifs is 2. The summed E-state index contributed by atoms with van der Waals surface area (Å²) in [5.41, 5.74) is 7.19. The number of hydrogen-bond acceptors (Lipinski definition) is 5. The number of benzene rings is 1. The Kier molecular flexibility index (Phi) is 3.06. The summed E-state index contributed by atoms with van der Waals surface area (Å²) in [4.78, 5) is 16.3. The first-order valence-electron chi connectivity index (χ1n) is 7.62. The van der Waals surface area contributed by atoms with Crippen molar-refractivity contribution in [3.8, 4) is 11.8 Å². The second kappa shape index (κ2) is 4.97. The highest BCUT2D eigenvalue weighted by atomic mass is 16.5. The van der Waals surface area contributed by atoms with Crippen LogP contribution in [0.15, 0.2) is 18.2 Å². The van der Waals surface area contributed by atoms with Crippen molar-refractivity contribution in [2.75, 3.05) is 37.7 Å². The average Bonchev–Trinajstić information content (AvgIpc) is 2.96. The van der Waals surface area contributed by atoms with E-state index in [0.29, 0.717) is 41.4 Å². The molecule has 2 unspecified atom stereocenters. The molecule has 2 aliphatic heterocycles. The Morgan fingerprint density at radius 2 is 2.09 bits per heavy atom. The summed E-state index contributed by atoms with van der Waals surface area (Å²) in [6.45, 7) is 3.60. The zero-order valence-corrected chi connectivity index (χ0v) is 12.2. The number of rotatable bonds is 3. The van der Waals surface area contributed by atoms with Gasteiger partial charge in [0.05, 0.1) is 17.3 Å². The predicted octanol–water partition coefficient (Wildman–Crippen LogP) is 0.173. The standard InChI is InChI=1S/C16H18N4O2/c17-6-10-1-2-14-13(5-10)20(15(21)9-22-14)4-3-19-7-11-12(8-19)16(11)18/h1-2,5,11-12,16H,3-4,7-9,18H2. The van der Waals surface area contributed by atoms with E-state index in [1.54, 1.807) is 23.1 Å². The largest absolute Gasteiger partial charge is 0.482 e. The van der Waals surface area contributed by atoms with Crippen LogP contribution < -0.4 is 15.4 Å². The van der Waals surface area contributed by atoms with Gasteiger partial charge in [0.25, 0.3) is 5.91 Å². The van der Waals surface area contributed by atoms with Gasteiger partial charge in [-0.1, -0.05) is 0 Å². The van der Waals surface area contributed by atoms with E-state index in [9.17, 15) is 4.79 Å². The van der Waals surface area contributed by atoms with Gasteiger partial charge < -0.3 is 20.3 Å². The fraction of sp³-hybridized carbons (Fsp3) is 0.500. The summed E-state index contributed by atoms with van der Waals surface area (Å²) in [6.07, 6.45) is 0. The minimum atomic E-state index is -0.0522. The molecule has 6 nitrogen and oxygen atoms in total. The summed E-state index contributed by atoms with van der Waals surface area (Å²) in [5.74, 6) is 1.92. The van der Waals surface area contributed by atoms with Gasteiger partial charge in [0.15, 0.2) is 6.61 Å². The molecule has 0 radical (unpaired) electrons. The van der Waals surface area contributed by atoms with Crippen LogP contribution >= 0.6 is 0 Å². The summed E-state index contributed by atoms with van der Waals surface area (Å²) in [7, 11) is 0. The number of nitrogens with two attached hydrogens (primary N) is 1. The van der Waals surface area contributed by atoms with Crippen molar-refractivity contribution >= 4 is 11.6 Å². The highest BCUT2D eigenvalue weighted by Gasteiger charge is 2.53. The Balaban J connectivity index is 1.47. The maximum Gasteiger partial charge on any atom is 0.265 e. The van der Waals surface area contributed by atoms with Gasteiger partial charge in [0.1, 0.15) is 5.75 Å². The molecular weight excluding hydrogens is 280 g/mol. The van der Waals surface area contributed by atoms with Gasteiger partial charge >= 0.3 is 0 Å². The first-order chi connectivity index (χ1) is 10.7. The van der Waals surface area contributed by atoms with Gasteiger partial charge in [-0.2, -0.15) is 5.26 Å². The Labute approximate surface area is 129 Å². The molecule has 0 bridgehead atoms. The highest BCUT2D eigenvalue weighted by molar-refractivity contribution is 5.98. The number of nitriles is 1. The minimum absolute atomic E-state index is 0.0522. The lowest BCUT2D eigenvalue weighted by Crippen LogP contribution is -2.43. The Morgan fingerprint density at radius 3 is 2.82 bits per heavy atom. The van der Waals surface area contributed by atoms with Crippen LogP contribution in [0.4, 0.5) is 5.69 Å². The lowest BCUT2D eigenvalue weighted by molar-refractivity contribution is -0.121. The molecular formula is C16H18N4O2. The number of hydrogen-bond donors (Lipinski definition) is 1. The van der Waals surface area contributed by atoms with E-state index >= 15 is 0 Å². The lowest BCUT2D eigenvalue weighted by Gasteiger charge is -2.31. The van der Waals surface area contributed by atoms with Crippen molar-refractivity contribution in [1.82, 2.24) is 4.90 Å². The van der Waals surface area contributed by atoms with Gasteiger partial charge in [-0.05, 0) is 30.0 Å². The smallest absolute Gasteiger partial charge is 0.265 e. The fourth-order valence-corrected chi connectivity index (χ4v) is 3.60. The molecule has 2 heterocycles. The molecule has 1 aromatic rings. The monoisotopic (exact) mass is 298 g/mol. The van der Waals surface area contributed by atoms with Crippen LogP contribution in [0, 0.1) is 23.2 Å². The molecule has 1 saturated heterocycles. The molecule has 2 N–H and O–H groups in total. The summed E-state index contributed by atoms with van der Waals surface area (Å²) >= 11 is 0. The number of piperidine rings is 1. The maximum absolute atomic E-state index is 12.2. The van der Waals surface area contributed by atoms with Gasteiger partial charge in [0, 0.05) is 32.2 Å². The maximum atomic E-state index is 12.2. The number of likely N-dealkylation sites (tertiary alicyclic amines) is 1. The van der Waals surface area contributed by atoms with Gasteiger partial charge in [0.2, 0.25) is 0 Å². The molecule has 22 heavy (non-hydrogen) atoms. The number of anilines is 1. The van der Waals surface area contributed by atoms with Crippen LogP contribution in [0.2, 0.25) is 0 Å². The average molecular weight is 298 g/mol. The van der Waals surface area contributed by atoms with Crippen molar-refractivity contribution < 1.29 is 9.53 Å². The molecule has 0 aromatic heterocycles. The molecule has 1 amide bonds. The van der Waals surface area contributed by atoms with E-state index in [4.69, 9.17) is 15.7 Å². The van der Waals surface area contributed by atoms with Crippen molar-refractivity contribution in [2.45, 2.75) is 6.04 Å². The fourth-order valence-electron chi connectivity index (χ4n) is 3.60. The molecule has 2 atom stereocenters. The number of amides is 1. The van der Waals surface area contributed by atoms with Crippen molar-refractivity contribution in [1.29, 1.82) is 5.26 Å². The molecule has 0 spiro atoms. The van der Waals surface area contributed by atoms with Crippen LogP contribution in [0.3, 0.4) is 0 Å². The minimum Gasteiger partial charge on any atom is -0.482 e. The number of ether oxygens (including phenoxy) is 1. The molecule has 2 fully saturated rings. The quantitative estimate of drug-likeness (QED) is 0.860. The van der Waals surface area contributed by atoms with E-state index < -0.39 is 0 Å². The van der Waals surface area contributed by atoms with Gasteiger partial charge in [-0.3, -0.25) is 4.79 Å². The van der Waals surface area contributed by atoms with Crippen LogP contribution in [0.5, 0.6) is 5.75 Å². The molecule has 1 saturated carbocycles. The first-order valence-corrected chi connectivity index (χ1v) is 7.62. The van der Waals surface area contributed by atoms with E-state index in [2.05, 4.69) is 11.0 Å². The molecule has 3 aliphatic rings. The van der Waals surface area contributed by atoms with Gasteiger partial charge in [-0.15, -0.1) is 0 Å².